The molecule has 1 aromatic heterocycles. The lowest BCUT2D eigenvalue weighted by Gasteiger charge is -2.38. The van der Waals surface area contributed by atoms with Crippen LogP contribution in [0.2, 0.25) is 0 Å². The van der Waals surface area contributed by atoms with Gasteiger partial charge in [-0.15, -0.1) is 0 Å². The molecular weight excluding hydrogens is 216 g/mol. The minimum absolute atomic E-state index is 0. The van der Waals surface area contributed by atoms with Crippen LogP contribution in [0.4, 0.5) is 0 Å². The van der Waals surface area contributed by atoms with Crippen LogP contribution in [0.15, 0.2) is 30.0 Å². The zero-order valence-electron chi connectivity index (χ0n) is 10.1. The Balaban J connectivity index is 0.00000162. The third-order valence-corrected chi connectivity index (χ3v) is 3.32. The van der Waals surface area contributed by atoms with Gasteiger partial charge in [-0.05, 0) is 31.6 Å². The molecule has 94 valence electrons. The van der Waals surface area contributed by atoms with Crippen molar-refractivity contribution in [3.05, 3.63) is 35.7 Å². The summed E-state index contributed by atoms with van der Waals surface area (Å²) in [5.74, 6) is 0.745. The lowest BCUT2D eigenvalue weighted by Crippen LogP contribution is -2.47. The standard InChI is InChI=1S/C13H16N2O2.2H2/c1-3-10(2)13(15-9-16)6-8-17-11-5-4-7-14-12(11)13;;/h3-5,7,9H,6,8H2,1-2H3,(H,15,16);2*1H/b10-3+;;/t13-;;/m0../s1. The Kier molecular flexibility index (Phi) is 3.13. The van der Waals surface area contributed by atoms with Crippen molar-refractivity contribution in [2.75, 3.05) is 6.61 Å². The van der Waals surface area contributed by atoms with Gasteiger partial charge >= 0.3 is 0 Å². The SMILES string of the molecule is C/C=C(\C)[C@@]1(NC=O)CCOc2cccnc21.[HH].[HH]. The average molecular weight is 236 g/mol. The number of nitrogens with one attached hydrogen (secondary N) is 1. The first-order chi connectivity index (χ1) is 8.24. The Morgan fingerprint density at radius 3 is 3.24 bits per heavy atom. The molecule has 0 saturated carbocycles. The fourth-order valence-electron chi connectivity index (χ4n) is 2.25. The summed E-state index contributed by atoms with van der Waals surface area (Å²) in [5, 5.41) is 2.91. The average Bonchev–Trinajstić information content (AvgIpc) is 2.38. The van der Waals surface area contributed by atoms with Crippen molar-refractivity contribution in [3.8, 4) is 5.75 Å². The maximum atomic E-state index is 10.9. The number of hydrogen-bond acceptors (Lipinski definition) is 3. The van der Waals surface area contributed by atoms with Crippen molar-refractivity contribution in [1.82, 2.24) is 10.3 Å². The molecule has 1 N–H and O–H groups in total. The summed E-state index contributed by atoms with van der Waals surface area (Å²) in [6.07, 6.45) is 5.15. The minimum atomic E-state index is -0.522. The molecule has 0 saturated heterocycles. The predicted octanol–water partition coefficient (Wildman–Crippen LogP) is 2.26. The summed E-state index contributed by atoms with van der Waals surface area (Å²) in [5.41, 5.74) is 1.34. The van der Waals surface area contributed by atoms with E-state index in [9.17, 15) is 4.79 Å². The van der Waals surface area contributed by atoms with Crippen LogP contribution < -0.4 is 10.1 Å². The number of aromatic nitrogens is 1. The number of hydrogen-bond donors (Lipinski definition) is 1. The smallest absolute Gasteiger partial charge is 0.208 e. The maximum absolute atomic E-state index is 10.9. The molecule has 2 rings (SSSR count). The van der Waals surface area contributed by atoms with Gasteiger partial charge in [0.25, 0.3) is 0 Å². The molecule has 0 radical (unpaired) electrons. The minimum Gasteiger partial charge on any atom is -0.491 e. The second-order valence-electron chi connectivity index (χ2n) is 4.09. The summed E-state index contributed by atoms with van der Waals surface area (Å²) in [7, 11) is 0. The second kappa shape index (κ2) is 4.57. The number of carbonyl (C=O) groups is 1. The van der Waals surface area contributed by atoms with E-state index in [1.54, 1.807) is 6.20 Å². The van der Waals surface area contributed by atoms with Gasteiger partial charge in [0.15, 0.2) is 0 Å². The molecule has 0 aliphatic carbocycles. The van der Waals surface area contributed by atoms with E-state index in [0.717, 1.165) is 23.4 Å². The molecule has 0 spiro atoms. The van der Waals surface area contributed by atoms with Crippen molar-refractivity contribution in [2.45, 2.75) is 25.8 Å². The lowest BCUT2D eigenvalue weighted by molar-refractivity contribution is -0.111. The molecule has 0 unspecified atom stereocenters. The first kappa shape index (κ1) is 11.6. The van der Waals surface area contributed by atoms with E-state index in [-0.39, 0.29) is 2.85 Å². The van der Waals surface area contributed by atoms with E-state index in [1.807, 2.05) is 32.1 Å². The summed E-state index contributed by atoms with van der Waals surface area (Å²) >= 11 is 0. The number of amides is 1. The maximum Gasteiger partial charge on any atom is 0.208 e. The summed E-state index contributed by atoms with van der Waals surface area (Å²) in [4.78, 5) is 15.3. The Bertz CT molecular complexity index is 466. The lowest BCUT2D eigenvalue weighted by atomic mass is 9.82. The molecule has 1 aromatic rings. The third kappa shape index (κ3) is 1.79. The number of nitrogens with zero attached hydrogens (tertiary/aromatic N) is 1. The summed E-state index contributed by atoms with van der Waals surface area (Å²) in [6, 6.07) is 3.71. The van der Waals surface area contributed by atoms with Gasteiger partial charge in [0.1, 0.15) is 17.0 Å². The van der Waals surface area contributed by atoms with Crippen LogP contribution in [-0.4, -0.2) is 18.0 Å². The van der Waals surface area contributed by atoms with Crippen LogP contribution in [0.1, 0.15) is 28.8 Å². The Labute approximate surface area is 104 Å². The Hall–Kier alpha value is -1.84. The number of carbonyl (C=O) groups excluding carboxylic acids is 1. The van der Waals surface area contributed by atoms with Gasteiger partial charge < -0.3 is 10.1 Å². The summed E-state index contributed by atoms with van der Waals surface area (Å²) in [6.45, 7) is 4.53. The molecule has 1 amide bonds. The molecule has 1 aliphatic heterocycles. The Morgan fingerprint density at radius 2 is 2.53 bits per heavy atom. The first-order valence-electron chi connectivity index (χ1n) is 5.67. The zero-order valence-corrected chi connectivity index (χ0v) is 10.1. The molecule has 1 aliphatic rings. The van der Waals surface area contributed by atoms with Crippen molar-refractivity contribution < 1.29 is 12.4 Å². The van der Waals surface area contributed by atoms with Crippen LogP contribution in [-0.2, 0) is 10.3 Å². The van der Waals surface area contributed by atoms with Crippen molar-refractivity contribution in [3.63, 3.8) is 0 Å². The van der Waals surface area contributed by atoms with E-state index in [1.165, 1.54) is 0 Å². The predicted molar refractivity (Wildman–Crippen MR) is 68.9 cm³/mol. The summed E-state index contributed by atoms with van der Waals surface area (Å²) < 4.78 is 5.57. The molecular formula is C13H20N2O2. The number of allylic oxidation sites excluding steroid dienone is 1. The fraction of sp³-hybridized carbons (Fsp3) is 0.385. The first-order valence-corrected chi connectivity index (χ1v) is 5.67. The normalized spacial score (nSPS) is 23.5. The molecule has 4 heteroatoms. The number of rotatable bonds is 3. The number of ether oxygens (including phenoxy) is 1. The molecule has 0 bridgehead atoms. The van der Waals surface area contributed by atoms with Crippen LogP contribution >= 0.6 is 0 Å². The van der Waals surface area contributed by atoms with Gasteiger partial charge in [-0.3, -0.25) is 9.78 Å². The van der Waals surface area contributed by atoms with Gasteiger partial charge in [0.2, 0.25) is 6.41 Å². The molecule has 4 nitrogen and oxygen atoms in total. The second-order valence-corrected chi connectivity index (χ2v) is 4.09. The highest BCUT2D eigenvalue weighted by Gasteiger charge is 2.40. The van der Waals surface area contributed by atoms with E-state index >= 15 is 0 Å². The quantitative estimate of drug-likeness (QED) is 0.647. The van der Waals surface area contributed by atoms with E-state index in [0.29, 0.717) is 13.0 Å². The highest BCUT2D eigenvalue weighted by atomic mass is 16.5. The van der Waals surface area contributed by atoms with E-state index in [4.69, 9.17) is 4.74 Å². The van der Waals surface area contributed by atoms with Gasteiger partial charge in [0.05, 0.1) is 6.61 Å². The van der Waals surface area contributed by atoms with Gasteiger partial charge in [-0.2, -0.15) is 0 Å². The molecule has 2 heterocycles. The third-order valence-electron chi connectivity index (χ3n) is 3.32. The van der Waals surface area contributed by atoms with Crippen LogP contribution in [0, 0.1) is 0 Å². The van der Waals surface area contributed by atoms with Crippen molar-refractivity contribution >= 4 is 6.41 Å². The Morgan fingerprint density at radius 1 is 1.71 bits per heavy atom. The van der Waals surface area contributed by atoms with E-state index in [2.05, 4.69) is 10.3 Å². The molecule has 0 aromatic carbocycles. The van der Waals surface area contributed by atoms with E-state index < -0.39 is 5.54 Å². The van der Waals surface area contributed by atoms with Crippen LogP contribution in [0.3, 0.4) is 0 Å². The number of pyridine rings is 1. The molecule has 0 fully saturated rings. The van der Waals surface area contributed by atoms with Gasteiger partial charge in [0, 0.05) is 15.5 Å². The topological polar surface area (TPSA) is 51.2 Å². The zero-order chi connectivity index (χ0) is 12.3. The molecule has 17 heavy (non-hydrogen) atoms. The monoisotopic (exact) mass is 236 g/mol. The highest BCUT2D eigenvalue weighted by Crippen LogP contribution is 2.39. The number of fused-ring (bicyclic) bond motifs is 1. The van der Waals surface area contributed by atoms with Gasteiger partial charge in [-0.1, -0.05) is 6.08 Å². The van der Waals surface area contributed by atoms with Gasteiger partial charge in [-0.25, -0.2) is 0 Å². The highest BCUT2D eigenvalue weighted by molar-refractivity contribution is 5.54. The largest absolute Gasteiger partial charge is 0.491 e. The van der Waals surface area contributed by atoms with Crippen molar-refractivity contribution in [2.24, 2.45) is 0 Å². The molecule has 1 atom stereocenters. The fourth-order valence-corrected chi connectivity index (χ4v) is 2.25. The van der Waals surface area contributed by atoms with Crippen LogP contribution in [0.25, 0.3) is 0 Å². The van der Waals surface area contributed by atoms with Crippen molar-refractivity contribution in [1.29, 1.82) is 0 Å². The van der Waals surface area contributed by atoms with Crippen LogP contribution in [0.5, 0.6) is 5.75 Å².